The van der Waals surface area contributed by atoms with Crippen LogP contribution in [0.2, 0.25) is 0 Å². The Kier molecular flexibility index (Phi) is 9.70. The van der Waals surface area contributed by atoms with Gasteiger partial charge in [0, 0.05) is 24.7 Å². The highest BCUT2D eigenvalue weighted by molar-refractivity contribution is 5.97. The molecule has 1 aliphatic rings. The van der Waals surface area contributed by atoms with Gasteiger partial charge in [-0.25, -0.2) is 0 Å². The Labute approximate surface area is 250 Å². The van der Waals surface area contributed by atoms with E-state index < -0.39 is 52.9 Å². The van der Waals surface area contributed by atoms with Crippen LogP contribution in [-0.4, -0.2) is 48.3 Å². The number of amides is 3. The summed E-state index contributed by atoms with van der Waals surface area (Å²) in [4.78, 5) is 39.9. The lowest BCUT2D eigenvalue weighted by molar-refractivity contribution is -0.143. The SMILES string of the molecule is C/C(=C\[C@@H](Cc1ccc2ccccc2c1)N(C)C(=O)c1cc(C(F)(F)F)cc(C(F)(F)F)c1)C(=O)N[C@@H]1CCCCNC1=O. The summed E-state index contributed by atoms with van der Waals surface area (Å²) < 4.78 is 81.0. The highest BCUT2D eigenvalue weighted by atomic mass is 19.4. The van der Waals surface area contributed by atoms with Crippen LogP contribution in [0.4, 0.5) is 26.3 Å². The second kappa shape index (κ2) is 13.1. The number of fused-ring (bicyclic) bond motifs is 1. The molecule has 44 heavy (non-hydrogen) atoms. The van der Waals surface area contributed by atoms with Crippen LogP contribution in [0, 0.1) is 0 Å². The molecule has 0 unspecified atom stereocenters. The summed E-state index contributed by atoms with van der Waals surface area (Å²) in [5, 5.41) is 7.22. The summed E-state index contributed by atoms with van der Waals surface area (Å²) in [6.07, 6.45) is -6.83. The van der Waals surface area contributed by atoms with Crippen LogP contribution >= 0.6 is 0 Å². The van der Waals surface area contributed by atoms with E-state index in [0.717, 1.165) is 22.1 Å². The average molecular weight is 620 g/mol. The van der Waals surface area contributed by atoms with Crippen LogP contribution < -0.4 is 10.6 Å². The fraction of sp³-hybridized carbons (Fsp3) is 0.344. The summed E-state index contributed by atoms with van der Waals surface area (Å²) in [5.41, 5.74) is -3.19. The molecule has 1 saturated heterocycles. The zero-order chi connectivity index (χ0) is 32.2. The van der Waals surface area contributed by atoms with Crippen molar-refractivity contribution < 1.29 is 40.7 Å². The molecule has 234 valence electrons. The molecule has 0 aromatic heterocycles. The summed E-state index contributed by atoms with van der Waals surface area (Å²) >= 11 is 0. The van der Waals surface area contributed by atoms with Gasteiger partial charge in [-0.3, -0.25) is 14.4 Å². The molecule has 1 fully saturated rings. The van der Waals surface area contributed by atoms with Crippen LogP contribution in [0.25, 0.3) is 10.8 Å². The van der Waals surface area contributed by atoms with E-state index in [-0.39, 0.29) is 24.0 Å². The average Bonchev–Trinajstić information content (AvgIpc) is 3.18. The predicted octanol–water partition coefficient (Wildman–Crippen LogP) is 6.29. The number of hydrogen-bond donors (Lipinski definition) is 2. The first-order chi connectivity index (χ1) is 20.6. The molecule has 0 spiro atoms. The number of hydrogen-bond acceptors (Lipinski definition) is 3. The lowest BCUT2D eigenvalue weighted by atomic mass is 9.98. The topological polar surface area (TPSA) is 78.5 Å². The fourth-order valence-corrected chi connectivity index (χ4v) is 5.06. The molecule has 0 radical (unpaired) electrons. The van der Waals surface area contributed by atoms with Crippen LogP contribution in [0.1, 0.15) is 53.2 Å². The maximum atomic E-state index is 13.5. The summed E-state index contributed by atoms with van der Waals surface area (Å²) in [7, 11) is 1.25. The number of nitrogens with one attached hydrogen (secondary N) is 2. The van der Waals surface area contributed by atoms with Gasteiger partial charge in [-0.2, -0.15) is 26.3 Å². The quantitative estimate of drug-likeness (QED) is 0.241. The number of halogens is 6. The lowest BCUT2D eigenvalue weighted by Gasteiger charge is -2.28. The van der Waals surface area contributed by atoms with Crippen molar-refractivity contribution in [2.45, 2.75) is 57.0 Å². The molecule has 1 heterocycles. The zero-order valence-electron chi connectivity index (χ0n) is 24.0. The highest BCUT2D eigenvalue weighted by Gasteiger charge is 2.38. The molecule has 3 amide bonds. The third-order valence-corrected chi connectivity index (χ3v) is 7.55. The van der Waals surface area contributed by atoms with Crippen molar-refractivity contribution in [1.29, 1.82) is 0 Å². The number of benzene rings is 3. The van der Waals surface area contributed by atoms with E-state index in [2.05, 4.69) is 10.6 Å². The van der Waals surface area contributed by atoms with Crippen molar-refractivity contribution in [1.82, 2.24) is 15.5 Å². The van der Waals surface area contributed by atoms with Gasteiger partial charge in [0.15, 0.2) is 0 Å². The first-order valence-electron chi connectivity index (χ1n) is 13.9. The largest absolute Gasteiger partial charge is 0.416 e. The molecule has 2 atom stereocenters. The zero-order valence-corrected chi connectivity index (χ0v) is 24.0. The lowest BCUT2D eigenvalue weighted by Crippen LogP contribution is -2.46. The predicted molar refractivity (Wildman–Crippen MR) is 153 cm³/mol. The Hall–Kier alpha value is -4.35. The van der Waals surface area contributed by atoms with Crippen molar-refractivity contribution in [3.8, 4) is 0 Å². The van der Waals surface area contributed by atoms with E-state index in [1.54, 1.807) is 6.07 Å². The molecule has 4 rings (SSSR count). The summed E-state index contributed by atoms with van der Waals surface area (Å²) in [6, 6.07) is 12.0. The van der Waals surface area contributed by atoms with Gasteiger partial charge in [0.1, 0.15) is 6.04 Å². The van der Waals surface area contributed by atoms with E-state index in [4.69, 9.17) is 0 Å². The van der Waals surface area contributed by atoms with E-state index in [1.165, 1.54) is 20.0 Å². The second-order valence-corrected chi connectivity index (χ2v) is 10.8. The Balaban J connectivity index is 1.70. The standard InChI is InChI=1S/C32H31F6N3O3/c1-19(28(42)40-27-9-5-6-12-39-29(27)43)13-26(15-20-10-11-21-7-3-4-8-22(21)14-20)41(2)30(44)23-16-24(31(33,34)35)18-25(17-23)32(36,37)38/h3-4,7-8,10-11,13-14,16-18,26-27H,5-6,9,12,15H2,1-2H3,(H,39,43)(H,40,42)/b19-13+/t26-,27+/m0/s1. The van der Waals surface area contributed by atoms with E-state index in [1.807, 2.05) is 36.4 Å². The minimum atomic E-state index is -5.13. The molecule has 0 aliphatic carbocycles. The Morgan fingerprint density at radius 2 is 1.59 bits per heavy atom. The maximum Gasteiger partial charge on any atom is 0.416 e. The monoisotopic (exact) mass is 619 g/mol. The number of nitrogens with zero attached hydrogens (tertiary/aromatic N) is 1. The van der Waals surface area contributed by atoms with Gasteiger partial charge in [-0.05, 0) is 67.1 Å². The van der Waals surface area contributed by atoms with Gasteiger partial charge < -0.3 is 15.5 Å². The fourth-order valence-electron chi connectivity index (χ4n) is 5.06. The Bertz CT molecular complexity index is 1550. The van der Waals surface area contributed by atoms with Crippen molar-refractivity contribution in [2.24, 2.45) is 0 Å². The number of alkyl halides is 6. The van der Waals surface area contributed by atoms with Crippen LogP contribution in [0.15, 0.2) is 72.3 Å². The first-order valence-corrected chi connectivity index (χ1v) is 13.9. The van der Waals surface area contributed by atoms with E-state index in [0.29, 0.717) is 37.1 Å². The number of likely N-dealkylation sites (N-methyl/N-ethyl adjacent to an activating group) is 1. The van der Waals surface area contributed by atoms with Crippen LogP contribution in [-0.2, 0) is 28.4 Å². The van der Waals surface area contributed by atoms with Crippen molar-refractivity contribution >= 4 is 28.5 Å². The molecule has 3 aromatic carbocycles. The molecule has 2 N–H and O–H groups in total. The normalized spacial score (nSPS) is 17.0. The molecular formula is C32H31F6N3O3. The first kappa shape index (κ1) is 32.6. The van der Waals surface area contributed by atoms with Gasteiger partial charge in [0.25, 0.3) is 5.91 Å². The number of rotatable bonds is 7. The molecule has 3 aromatic rings. The Morgan fingerprint density at radius 3 is 2.23 bits per heavy atom. The van der Waals surface area contributed by atoms with Gasteiger partial charge in [-0.1, -0.05) is 48.5 Å². The van der Waals surface area contributed by atoms with Gasteiger partial charge >= 0.3 is 12.4 Å². The minimum Gasteiger partial charge on any atom is -0.354 e. The molecule has 0 bridgehead atoms. The Morgan fingerprint density at radius 1 is 0.955 bits per heavy atom. The van der Waals surface area contributed by atoms with Gasteiger partial charge in [0.2, 0.25) is 11.8 Å². The molecule has 1 aliphatic heterocycles. The second-order valence-electron chi connectivity index (χ2n) is 10.8. The highest BCUT2D eigenvalue weighted by Crippen LogP contribution is 2.36. The number of carbonyl (C=O) groups excluding carboxylic acids is 3. The van der Waals surface area contributed by atoms with Crippen molar-refractivity contribution in [3.05, 3.63) is 94.6 Å². The third kappa shape index (κ3) is 7.97. The van der Waals surface area contributed by atoms with E-state index >= 15 is 0 Å². The molecule has 12 heteroatoms. The maximum absolute atomic E-state index is 13.5. The molecule has 0 saturated carbocycles. The molecular weight excluding hydrogens is 588 g/mol. The molecule has 6 nitrogen and oxygen atoms in total. The third-order valence-electron chi connectivity index (χ3n) is 7.55. The summed E-state index contributed by atoms with van der Waals surface area (Å²) in [6.45, 7) is 1.95. The van der Waals surface area contributed by atoms with Crippen LogP contribution in [0.5, 0.6) is 0 Å². The van der Waals surface area contributed by atoms with Crippen molar-refractivity contribution in [2.75, 3.05) is 13.6 Å². The van der Waals surface area contributed by atoms with Crippen LogP contribution in [0.3, 0.4) is 0 Å². The van der Waals surface area contributed by atoms with Gasteiger partial charge in [-0.15, -0.1) is 0 Å². The smallest absolute Gasteiger partial charge is 0.354 e. The van der Waals surface area contributed by atoms with Gasteiger partial charge in [0.05, 0.1) is 17.2 Å². The summed E-state index contributed by atoms with van der Waals surface area (Å²) in [5.74, 6) is -2.01. The number of carbonyl (C=O) groups is 3. The minimum absolute atomic E-state index is 0.0403. The van der Waals surface area contributed by atoms with Crippen molar-refractivity contribution in [3.63, 3.8) is 0 Å². The van der Waals surface area contributed by atoms with E-state index in [9.17, 15) is 40.7 Å².